The van der Waals surface area contributed by atoms with Gasteiger partial charge >= 0.3 is 0 Å². The highest BCUT2D eigenvalue weighted by atomic mass is 16.2. The van der Waals surface area contributed by atoms with E-state index in [1.807, 2.05) is 28.1 Å². The first-order chi connectivity index (χ1) is 13.7. The van der Waals surface area contributed by atoms with Crippen LogP contribution in [0.3, 0.4) is 0 Å². The molecule has 0 unspecified atom stereocenters. The van der Waals surface area contributed by atoms with Crippen LogP contribution in [0.1, 0.15) is 54.8 Å². The van der Waals surface area contributed by atoms with Crippen LogP contribution in [0, 0.1) is 0 Å². The van der Waals surface area contributed by atoms with Crippen LogP contribution in [0.5, 0.6) is 0 Å². The Morgan fingerprint density at radius 1 is 0.655 bits per heavy atom. The number of hydrogen-bond donors (Lipinski definition) is 0. The number of rotatable bonds is 5. The summed E-state index contributed by atoms with van der Waals surface area (Å²) >= 11 is 0. The van der Waals surface area contributed by atoms with Crippen molar-refractivity contribution >= 4 is 34.4 Å². The zero-order valence-electron chi connectivity index (χ0n) is 17.1. The fourth-order valence-corrected chi connectivity index (χ4v) is 4.00. The highest BCUT2D eigenvalue weighted by molar-refractivity contribution is 6.33. The topological polar surface area (TPSA) is 74.8 Å². The Morgan fingerprint density at radius 3 is 1.31 bits per heavy atom. The monoisotopic (exact) mass is 394 g/mol. The number of hydrogen-bond acceptors (Lipinski definition) is 4. The normalized spacial score (nSPS) is 16.3. The first-order valence-corrected chi connectivity index (χ1v) is 9.78. The molecule has 2 aliphatic rings. The van der Waals surface area contributed by atoms with E-state index in [1.165, 1.54) is 9.80 Å². The van der Waals surface area contributed by atoms with Crippen molar-refractivity contribution in [3.05, 3.63) is 46.5 Å². The molecule has 29 heavy (non-hydrogen) atoms. The number of imide groups is 2. The van der Waals surface area contributed by atoms with Crippen molar-refractivity contribution in [2.45, 2.75) is 13.3 Å². The molecule has 7 heteroatoms. The van der Waals surface area contributed by atoms with E-state index in [9.17, 15) is 19.2 Å². The van der Waals surface area contributed by atoms with Crippen LogP contribution in [-0.2, 0) is 0 Å². The fourth-order valence-electron chi connectivity index (χ4n) is 4.00. The smallest absolute Gasteiger partial charge is 0.261 e. The molecular formula is C22H24N3O4+. The highest BCUT2D eigenvalue weighted by Gasteiger charge is 2.39. The van der Waals surface area contributed by atoms with Crippen molar-refractivity contribution in [2.75, 3.05) is 40.8 Å². The van der Waals surface area contributed by atoms with Crippen LogP contribution >= 0.6 is 0 Å². The van der Waals surface area contributed by atoms with E-state index in [-0.39, 0.29) is 23.6 Å². The van der Waals surface area contributed by atoms with Crippen LogP contribution in [0.15, 0.2) is 24.3 Å². The average Bonchev–Trinajstić information content (AvgIpc) is 2.66. The Morgan fingerprint density at radius 2 is 1.00 bits per heavy atom. The van der Waals surface area contributed by atoms with Gasteiger partial charge in [-0.2, -0.15) is 0 Å². The molecular weight excluding hydrogens is 370 g/mol. The largest absolute Gasteiger partial charge is 0.329 e. The minimum Gasteiger partial charge on any atom is -0.329 e. The number of amides is 4. The first kappa shape index (κ1) is 19.3. The summed E-state index contributed by atoms with van der Waals surface area (Å²) in [5.74, 6) is -1.51. The third kappa shape index (κ3) is 2.84. The van der Waals surface area contributed by atoms with Crippen LogP contribution in [0.2, 0.25) is 0 Å². The molecule has 4 rings (SSSR count). The molecule has 0 spiro atoms. The van der Waals surface area contributed by atoms with Gasteiger partial charge in [-0.1, -0.05) is 6.92 Å². The molecule has 2 aliphatic heterocycles. The van der Waals surface area contributed by atoms with E-state index in [1.54, 1.807) is 24.3 Å². The summed E-state index contributed by atoms with van der Waals surface area (Å²) in [5, 5.41) is 0.852. The predicted octanol–water partition coefficient (Wildman–Crippen LogP) is 2.15. The third-order valence-corrected chi connectivity index (χ3v) is 5.50. The molecule has 0 radical (unpaired) electrons. The van der Waals surface area contributed by atoms with E-state index in [0.717, 1.165) is 0 Å². The van der Waals surface area contributed by atoms with E-state index in [0.29, 0.717) is 63.6 Å². The minimum absolute atomic E-state index is 0.299. The number of benzene rings is 2. The van der Waals surface area contributed by atoms with Crippen molar-refractivity contribution in [1.82, 2.24) is 9.80 Å². The maximum absolute atomic E-state index is 13.1. The molecule has 150 valence electrons. The standard InChI is InChI=1S/C22H24N3O4/c1-5-10-23-19(26)13-6-8-15-18-16(9-7-14(17(13)18)20(23)27)22(29)24(21(15)28)11-12-25(2,3)4/h6-9H,5,10-12H2,1-4H3/q+1. The fraction of sp³-hybridized carbons (Fsp3) is 0.364. The molecule has 2 aromatic rings. The van der Waals surface area contributed by atoms with Crippen LogP contribution in [0.25, 0.3) is 10.8 Å². The van der Waals surface area contributed by atoms with Gasteiger partial charge in [0, 0.05) is 39.6 Å². The number of nitrogens with zero attached hydrogens (tertiary/aromatic N) is 3. The van der Waals surface area contributed by atoms with Crippen molar-refractivity contribution in [3.8, 4) is 0 Å². The zero-order chi connectivity index (χ0) is 21.1. The van der Waals surface area contributed by atoms with Gasteiger partial charge in [-0.05, 0) is 30.7 Å². The zero-order valence-corrected chi connectivity index (χ0v) is 17.1. The number of carbonyl (C=O) groups excluding carboxylic acids is 4. The van der Waals surface area contributed by atoms with Gasteiger partial charge in [-0.15, -0.1) is 0 Å². The lowest BCUT2D eigenvalue weighted by molar-refractivity contribution is -0.869. The molecule has 0 fully saturated rings. The van der Waals surface area contributed by atoms with Gasteiger partial charge in [0.1, 0.15) is 0 Å². The van der Waals surface area contributed by atoms with Crippen molar-refractivity contribution in [3.63, 3.8) is 0 Å². The maximum Gasteiger partial charge on any atom is 0.261 e. The number of carbonyl (C=O) groups is 4. The Hall–Kier alpha value is -3.06. The van der Waals surface area contributed by atoms with Crippen molar-refractivity contribution < 1.29 is 23.7 Å². The molecule has 0 atom stereocenters. The van der Waals surface area contributed by atoms with E-state index >= 15 is 0 Å². The molecule has 2 aromatic carbocycles. The molecule has 0 bridgehead atoms. The van der Waals surface area contributed by atoms with Crippen LogP contribution in [0.4, 0.5) is 0 Å². The minimum atomic E-state index is -0.379. The van der Waals surface area contributed by atoms with Gasteiger partial charge in [-0.3, -0.25) is 29.0 Å². The second-order valence-corrected chi connectivity index (χ2v) is 8.61. The van der Waals surface area contributed by atoms with Gasteiger partial charge in [-0.25, -0.2) is 0 Å². The molecule has 0 saturated heterocycles. The van der Waals surface area contributed by atoms with Gasteiger partial charge < -0.3 is 4.48 Å². The molecule has 0 aliphatic carbocycles. The molecule has 0 aromatic heterocycles. The van der Waals surface area contributed by atoms with Gasteiger partial charge in [0.2, 0.25) is 0 Å². The van der Waals surface area contributed by atoms with E-state index < -0.39 is 0 Å². The summed E-state index contributed by atoms with van der Waals surface area (Å²) in [6.07, 6.45) is 0.657. The molecule has 0 saturated carbocycles. The second-order valence-electron chi connectivity index (χ2n) is 8.61. The summed E-state index contributed by atoms with van der Waals surface area (Å²) in [6, 6.07) is 6.43. The SMILES string of the molecule is CCCN1C(=O)c2ccc3c4c(ccc(c24)C1=O)C(=O)N(CC[N+](C)(C)C)C3=O. The van der Waals surface area contributed by atoms with Crippen molar-refractivity contribution in [1.29, 1.82) is 0 Å². The first-order valence-electron chi connectivity index (χ1n) is 9.78. The quantitative estimate of drug-likeness (QED) is 0.575. The molecule has 0 N–H and O–H groups in total. The number of likely N-dealkylation sites (N-methyl/N-ethyl adjacent to an activating group) is 1. The lowest BCUT2D eigenvalue weighted by atomic mass is 9.86. The summed E-state index contributed by atoms with van der Waals surface area (Å²) in [4.78, 5) is 54.5. The lowest BCUT2D eigenvalue weighted by Gasteiger charge is -2.33. The van der Waals surface area contributed by atoms with Gasteiger partial charge in [0.15, 0.2) is 0 Å². The van der Waals surface area contributed by atoms with E-state index in [4.69, 9.17) is 0 Å². The van der Waals surface area contributed by atoms with E-state index in [2.05, 4.69) is 0 Å². The Balaban J connectivity index is 1.89. The molecule has 2 heterocycles. The van der Waals surface area contributed by atoms with Crippen molar-refractivity contribution in [2.24, 2.45) is 0 Å². The van der Waals surface area contributed by atoms with Gasteiger partial charge in [0.25, 0.3) is 23.6 Å². The summed E-state index contributed by atoms with van der Waals surface area (Å²) in [7, 11) is 5.99. The highest BCUT2D eigenvalue weighted by Crippen LogP contribution is 2.37. The maximum atomic E-state index is 13.1. The number of quaternary nitrogens is 1. The van der Waals surface area contributed by atoms with Gasteiger partial charge in [0.05, 0.1) is 34.2 Å². The summed E-state index contributed by atoms with van der Waals surface area (Å²) in [5.41, 5.74) is 1.47. The lowest BCUT2D eigenvalue weighted by Crippen LogP contribution is -2.48. The van der Waals surface area contributed by atoms with Crippen LogP contribution < -0.4 is 0 Å². The van der Waals surface area contributed by atoms with Crippen LogP contribution in [-0.4, -0.2) is 78.7 Å². The second kappa shape index (κ2) is 6.49. The Kier molecular flexibility index (Phi) is 4.31. The average molecular weight is 394 g/mol. The Labute approximate surface area is 169 Å². The summed E-state index contributed by atoms with van der Waals surface area (Å²) in [6.45, 7) is 3.15. The Bertz CT molecular complexity index is 1030. The molecule has 4 amide bonds. The predicted molar refractivity (Wildman–Crippen MR) is 108 cm³/mol. The molecule has 7 nitrogen and oxygen atoms in total. The summed E-state index contributed by atoms with van der Waals surface area (Å²) < 4.78 is 0.619. The third-order valence-electron chi connectivity index (χ3n) is 5.50.